The van der Waals surface area contributed by atoms with E-state index in [2.05, 4.69) is 5.32 Å². The topological polar surface area (TPSA) is 46.2 Å². The van der Waals surface area contributed by atoms with Crippen molar-refractivity contribution in [3.8, 4) is 0 Å². The van der Waals surface area contributed by atoms with E-state index >= 15 is 0 Å². The Morgan fingerprint density at radius 1 is 1.07 bits per heavy atom. The Morgan fingerprint density at radius 3 is 2.00 bits per heavy atom. The van der Waals surface area contributed by atoms with Crippen molar-refractivity contribution in [1.29, 1.82) is 0 Å². The van der Waals surface area contributed by atoms with Gasteiger partial charge in [0.1, 0.15) is 6.04 Å². The maximum Gasteiger partial charge on any atom is 0.159 e. The molecule has 1 N–H and O–H groups in total. The molecule has 0 aliphatic rings. The predicted molar refractivity (Wildman–Crippen MR) is 55.2 cm³/mol. The number of ketones is 2. The van der Waals surface area contributed by atoms with Crippen molar-refractivity contribution in [2.75, 3.05) is 5.32 Å². The Balaban J connectivity index is 2.75. The molecule has 0 aliphatic carbocycles. The zero-order chi connectivity index (χ0) is 10.6. The van der Waals surface area contributed by atoms with Crippen LogP contribution < -0.4 is 5.32 Å². The van der Waals surface area contributed by atoms with E-state index in [1.807, 2.05) is 30.3 Å². The number of carbonyl (C=O) groups excluding carboxylic acids is 2. The average molecular weight is 191 g/mol. The number of carbonyl (C=O) groups is 2. The fraction of sp³-hybridized carbons (Fsp3) is 0.273. The molecule has 0 amide bonds. The van der Waals surface area contributed by atoms with Gasteiger partial charge in [0, 0.05) is 5.69 Å². The van der Waals surface area contributed by atoms with Crippen molar-refractivity contribution in [1.82, 2.24) is 0 Å². The molecule has 3 nitrogen and oxygen atoms in total. The van der Waals surface area contributed by atoms with E-state index < -0.39 is 6.04 Å². The minimum atomic E-state index is -0.725. The summed E-state index contributed by atoms with van der Waals surface area (Å²) in [5.41, 5.74) is 0.780. The molecule has 0 aliphatic heterocycles. The fourth-order valence-corrected chi connectivity index (χ4v) is 1.19. The monoisotopic (exact) mass is 191 g/mol. The molecule has 0 saturated heterocycles. The first kappa shape index (κ1) is 10.4. The summed E-state index contributed by atoms with van der Waals surface area (Å²) in [5, 5.41) is 2.88. The molecule has 1 rings (SSSR count). The molecule has 74 valence electrons. The van der Waals surface area contributed by atoms with Gasteiger partial charge in [0.2, 0.25) is 0 Å². The Kier molecular flexibility index (Phi) is 3.40. The van der Waals surface area contributed by atoms with E-state index in [4.69, 9.17) is 0 Å². The summed E-state index contributed by atoms with van der Waals surface area (Å²) in [6.45, 7) is 2.81. The van der Waals surface area contributed by atoms with Crippen LogP contribution in [0.15, 0.2) is 30.3 Å². The van der Waals surface area contributed by atoms with Crippen LogP contribution in [0.1, 0.15) is 13.8 Å². The maximum atomic E-state index is 11.1. The number of para-hydroxylation sites is 1. The standard InChI is InChI=1S/C11H13NO2/c1-8(13)11(9(2)14)12-10-6-4-3-5-7-10/h3-7,11-12H,1-2H3. The smallest absolute Gasteiger partial charge is 0.159 e. The van der Waals surface area contributed by atoms with Crippen LogP contribution in [0, 0.1) is 0 Å². The van der Waals surface area contributed by atoms with Crippen molar-refractivity contribution in [2.24, 2.45) is 0 Å². The largest absolute Gasteiger partial charge is 0.369 e. The van der Waals surface area contributed by atoms with Gasteiger partial charge in [0.05, 0.1) is 0 Å². The van der Waals surface area contributed by atoms with Crippen LogP contribution in [-0.2, 0) is 9.59 Å². The van der Waals surface area contributed by atoms with Gasteiger partial charge in [0.25, 0.3) is 0 Å². The van der Waals surface area contributed by atoms with Gasteiger partial charge in [-0.15, -0.1) is 0 Å². The molecular weight excluding hydrogens is 178 g/mol. The first-order valence-electron chi connectivity index (χ1n) is 4.43. The fourth-order valence-electron chi connectivity index (χ4n) is 1.19. The molecule has 0 atom stereocenters. The highest BCUT2D eigenvalue weighted by molar-refractivity contribution is 6.06. The van der Waals surface area contributed by atoms with Crippen LogP contribution in [0.3, 0.4) is 0 Å². The molecule has 0 saturated carbocycles. The van der Waals surface area contributed by atoms with Gasteiger partial charge >= 0.3 is 0 Å². The van der Waals surface area contributed by atoms with Crippen LogP contribution in [0.4, 0.5) is 5.69 Å². The molecule has 0 bridgehead atoms. The van der Waals surface area contributed by atoms with E-state index in [0.717, 1.165) is 5.69 Å². The lowest BCUT2D eigenvalue weighted by molar-refractivity contribution is -0.125. The molecule has 1 aromatic rings. The Bertz CT molecular complexity index is 318. The molecule has 0 radical (unpaired) electrons. The highest BCUT2D eigenvalue weighted by atomic mass is 16.2. The molecule has 0 aromatic heterocycles. The number of rotatable bonds is 4. The number of nitrogens with one attached hydrogen (secondary N) is 1. The molecule has 0 heterocycles. The lowest BCUT2D eigenvalue weighted by Crippen LogP contribution is -2.34. The van der Waals surface area contributed by atoms with Crippen molar-refractivity contribution in [3.63, 3.8) is 0 Å². The number of hydrogen-bond acceptors (Lipinski definition) is 3. The van der Waals surface area contributed by atoms with Crippen molar-refractivity contribution >= 4 is 17.3 Å². The Hall–Kier alpha value is -1.64. The van der Waals surface area contributed by atoms with Crippen LogP contribution in [-0.4, -0.2) is 17.6 Å². The molecule has 0 fully saturated rings. The van der Waals surface area contributed by atoms with Gasteiger partial charge in [-0.25, -0.2) is 0 Å². The number of anilines is 1. The minimum absolute atomic E-state index is 0.165. The van der Waals surface area contributed by atoms with Gasteiger partial charge < -0.3 is 5.32 Å². The molecule has 14 heavy (non-hydrogen) atoms. The Labute approximate surface area is 83.1 Å². The van der Waals surface area contributed by atoms with Gasteiger partial charge in [-0.05, 0) is 26.0 Å². The third-order valence-corrected chi connectivity index (χ3v) is 1.90. The predicted octanol–water partition coefficient (Wildman–Crippen LogP) is 1.65. The maximum absolute atomic E-state index is 11.1. The number of Topliss-reactive ketones (excluding diaryl/α,β-unsaturated/α-hetero) is 2. The van der Waals surface area contributed by atoms with Crippen molar-refractivity contribution in [3.05, 3.63) is 30.3 Å². The number of hydrogen-bond donors (Lipinski definition) is 1. The second-order valence-electron chi connectivity index (χ2n) is 3.16. The van der Waals surface area contributed by atoms with Gasteiger partial charge in [-0.2, -0.15) is 0 Å². The van der Waals surface area contributed by atoms with Gasteiger partial charge in [-0.1, -0.05) is 18.2 Å². The lowest BCUT2D eigenvalue weighted by Gasteiger charge is -2.13. The summed E-state index contributed by atoms with van der Waals surface area (Å²) >= 11 is 0. The van der Waals surface area contributed by atoms with Gasteiger partial charge in [0.15, 0.2) is 11.6 Å². The van der Waals surface area contributed by atoms with E-state index in [0.29, 0.717) is 0 Å². The van der Waals surface area contributed by atoms with Crippen LogP contribution in [0.2, 0.25) is 0 Å². The molecule has 0 spiro atoms. The molecule has 0 unspecified atom stereocenters. The van der Waals surface area contributed by atoms with E-state index in [1.165, 1.54) is 13.8 Å². The highest BCUT2D eigenvalue weighted by Gasteiger charge is 2.18. The summed E-state index contributed by atoms with van der Waals surface area (Å²) in [6.07, 6.45) is 0. The highest BCUT2D eigenvalue weighted by Crippen LogP contribution is 2.07. The third-order valence-electron chi connectivity index (χ3n) is 1.90. The summed E-state index contributed by atoms with van der Waals surface area (Å²) in [7, 11) is 0. The summed E-state index contributed by atoms with van der Waals surface area (Å²) in [5.74, 6) is -0.331. The summed E-state index contributed by atoms with van der Waals surface area (Å²) in [6, 6.07) is 8.48. The van der Waals surface area contributed by atoms with Crippen LogP contribution in [0.5, 0.6) is 0 Å². The van der Waals surface area contributed by atoms with E-state index in [1.54, 1.807) is 0 Å². The summed E-state index contributed by atoms with van der Waals surface area (Å²) in [4.78, 5) is 22.2. The summed E-state index contributed by atoms with van der Waals surface area (Å²) < 4.78 is 0. The lowest BCUT2D eigenvalue weighted by atomic mass is 10.1. The third kappa shape index (κ3) is 2.69. The second-order valence-corrected chi connectivity index (χ2v) is 3.16. The van der Waals surface area contributed by atoms with Crippen LogP contribution >= 0.6 is 0 Å². The van der Waals surface area contributed by atoms with Crippen molar-refractivity contribution in [2.45, 2.75) is 19.9 Å². The number of benzene rings is 1. The SMILES string of the molecule is CC(=O)C(Nc1ccccc1)C(C)=O. The van der Waals surface area contributed by atoms with Crippen molar-refractivity contribution < 1.29 is 9.59 Å². The molecular formula is C11H13NO2. The minimum Gasteiger partial charge on any atom is -0.369 e. The first-order chi connectivity index (χ1) is 6.61. The first-order valence-corrected chi connectivity index (χ1v) is 4.43. The quantitative estimate of drug-likeness (QED) is 0.736. The molecule has 1 aromatic carbocycles. The van der Waals surface area contributed by atoms with Crippen LogP contribution in [0.25, 0.3) is 0 Å². The average Bonchev–Trinajstić information content (AvgIpc) is 2.15. The Morgan fingerprint density at radius 2 is 1.57 bits per heavy atom. The zero-order valence-electron chi connectivity index (χ0n) is 8.28. The second kappa shape index (κ2) is 4.56. The van der Waals surface area contributed by atoms with E-state index in [9.17, 15) is 9.59 Å². The normalized spacial score (nSPS) is 9.93. The van der Waals surface area contributed by atoms with Gasteiger partial charge in [-0.3, -0.25) is 9.59 Å². The molecule has 3 heteroatoms. The zero-order valence-corrected chi connectivity index (χ0v) is 8.28. The van der Waals surface area contributed by atoms with E-state index in [-0.39, 0.29) is 11.6 Å².